The van der Waals surface area contributed by atoms with Crippen molar-refractivity contribution < 1.29 is 21.6 Å². The van der Waals surface area contributed by atoms with Crippen LogP contribution in [0.5, 0.6) is 0 Å². The average Bonchev–Trinajstić information content (AvgIpc) is 3.19. The number of benzene rings is 1. The first-order valence-electron chi connectivity index (χ1n) is 6.88. The van der Waals surface area contributed by atoms with E-state index in [1.165, 1.54) is 6.07 Å². The standard InChI is InChI=1S/C13H12ClF3N4O2S/c1-6-4-8(7-2-3-7)9(5-10(6)24(14,22)23)21-12(18)19-11(20-21)13(15,16)17/h4-5,7H,2-3H2,1H3,(H2,18,19,20). The lowest BCUT2D eigenvalue weighted by Crippen LogP contribution is -2.10. The maximum absolute atomic E-state index is 12.8. The van der Waals surface area contributed by atoms with E-state index >= 15 is 0 Å². The number of rotatable bonds is 3. The van der Waals surface area contributed by atoms with Crippen molar-refractivity contribution in [1.29, 1.82) is 0 Å². The molecule has 0 spiro atoms. The first-order valence-corrected chi connectivity index (χ1v) is 9.18. The minimum Gasteiger partial charge on any atom is -0.368 e. The van der Waals surface area contributed by atoms with Gasteiger partial charge in [-0.1, -0.05) is 6.07 Å². The van der Waals surface area contributed by atoms with E-state index in [1.54, 1.807) is 13.0 Å². The molecule has 2 N–H and O–H groups in total. The molecule has 0 aliphatic heterocycles. The molecule has 1 aliphatic rings. The topological polar surface area (TPSA) is 90.9 Å². The first-order chi connectivity index (χ1) is 11.0. The maximum atomic E-state index is 12.8. The third kappa shape index (κ3) is 3.07. The van der Waals surface area contributed by atoms with Crippen molar-refractivity contribution in [3.05, 3.63) is 29.1 Å². The summed E-state index contributed by atoms with van der Waals surface area (Å²) in [5, 5.41) is 3.39. The van der Waals surface area contributed by atoms with Gasteiger partial charge in [0.15, 0.2) is 0 Å². The second kappa shape index (κ2) is 5.35. The number of aryl methyl sites for hydroxylation is 1. The van der Waals surface area contributed by atoms with Crippen LogP contribution >= 0.6 is 10.7 Å². The molecule has 0 radical (unpaired) electrons. The lowest BCUT2D eigenvalue weighted by Gasteiger charge is -2.13. The molecular weight excluding hydrogens is 369 g/mol. The molecule has 130 valence electrons. The van der Waals surface area contributed by atoms with Gasteiger partial charge in [-0.15, -0.1) is 5.10 Å². The van der Waals surface area contributed by atoms with Crippen LogP contribution in [0.4, 0.5) is 19.1 Å². The maximum Gasteiger partial charge on any atom is 0.453 e. The van der Waals surface area contributed by atoms with Crippen LogP contribution in [0.2, 0.25) is 0 Å². The Morgan fingerprint density at radius 1 is 1.33 bits per heavy atom. The highest BCUT2D eigenvalue weighted by molar-refractivity contribution is 8.13. The Labute approximate surface area is 139 Å². The van der Waals surface area contributed by atoms with E-state index in [-0.39, 0.29) is 16.5 Å². The van der Waals surface area contributed by atoms with Gasteiger partial charge in [-0.25, -0.2) is 8.42 Å². The molecule has 6 nitrogen and oxygen atoms in total. The van der Waals surface area contributed by atoms with E-state index in [0.717, 1.165) is 17.5 Å². The van der Waals surface area contributed by atoms with Crippen LogP contribution in [-0.2, 0) is 15.2 Å². The van der Waals surface area contributed by atoms with Crippen molar-refractivity contribution in [2.45, 2.75) is 36.8 Å². The van der Waals surface area contributed by atoms with Gasteiger partial charge in [-0.2, -0.15) is 22.8 Å². The second-order valence-electron chi connectivity index (χ2n) is 5.59. The Balaban J connectivity index is 2.25. The van der Waals surface area contributed by atoms with Crippen LogP contribution in [0.15, 0.2) is 17.0 Å². The number of nitrogen functional groups attached to an aromatic ring is 1. The Bertz CT molecular complexity index is 920. The monoisotopic (exact) mass is 380 g/mol. The first kappa shape index (κ1) is 17.0. The number of aromatic nitrogens is 3. The molecule has 0 bridgehead atoms. The van der Waals surface area contributed by atoms with Gasteiger partial charge in [-0.3, -0.25) is 0 Å². The number of nitrogens with two attached hydrogens (primary N) is 1. The summed E-state index contributed by atoms with van der Waals surface area (Å²) in [6.07, 6.45) is -3.06. The molecule has 1 fully saturated rings. The minimum atomic E-state index is -4.76. The van der Waals surface area contributed by atoms with Crippen LogP contribution in [0.1, 0.15) is 35.7 Å². The second-order valence-corrected chi connectivity index (χ2v) is 8.13. The molecule has 3 rings (SSSR count). The highest BCUT2D eigenvalue weighted by Gasteiger charge is 2.38. The zero-order valence-corrected chi connectivity index (χ0v) is 13.9. The van der Waals surface area contributed by atoms with E-state index in [4.69, 9.17) is 16.4 Å². The number of hydrogen-bond donors (Lipinski definition) is 1. The Morgan fingerprint density at radius 3 is 2.42 bits per heavy atom. The normalized spacial score (nSPS) is 15.7. The summed E-state index contributed by atoms with van der Waals surface area (Å²) in [5.41, 5.74) is 6.78. The average molecular weight is 381 g/mol. The summed E-state index contributed by atoms with van der Waals surface area (Å²) < 4.78 is 62.6. The fourth-order valence-electron chi connectivity index (χ4n) is 2.49. The van der Waals surface area contributed by atoms with Gasteiger partial charge in [0.25, 0.3) is 14.9 Å². The number of nitrogens with zero attached hydrogens (tertiary/aromatic N) is 3. The molecule has 0 atom stereocenters. The molecular formula is C13H12ClF3N4O2S. The summed E-state index contributed by atoms with van der Waals surface area (Å²) in [5.74, 6) is -1.76. The van der Waals surface area contributed by atoms with Crippen LogP contribution in [0.25, 0.3) is 5.69 Å². The van der Waals surface area contributed by atoms with E-state index in [1.807, 2.05) is 0 Å². The third-order valence-electron chi connectivity index (χ3n) is 3.72. The van der Waals surface area contributed by atoms with Gasteiger partial charge in [0.05, 0.1) is 10.6 Å². The quantitative estimate of drug-likeness (QED) is 0.826. The largest absolute Gasteiger partial charge is 0.453 e. The summed E-state index contributed by atoms with van der Waals surface area (Å²) in [6.45, 7) is 1.57. The van der Waals surface area contributed by atoms with Gasteiger partial charge in [0.2, 0.25) is 5.95 Å². The summed E-state index contributed by atoms with van der Waals surface area (Å²) in [7, 11) is 1.33. The molecule has 0 unspecified atom stereocenters. The molecule has 24 heavy (non-hydrogen) atoms. The summed E-state index contributed by atoms with van der Waals surface area (Å²) in [4.78, 5) is 3.01. The highest BCUT2D eigenvalue weighted by atomic mass is 35.7. The molecule has 0 saturated heterocycles. The van der Waals surface area contributed by atoms with Crippen LogP contribution in [0, 0.1) is 6.92 Å². The Hall–Kier alpha value is -1.81. The lowest BCUT2D eigenvalue weighted by atomic mass is 10.1. The summed E-state index contributed by atoms with van der Waals surface area (Å²) >= 11 is 0. The van der Waals surface area contributed by atoms with Crippen molar-refractivity contribution in [2.24, 2.45) is 0 Å². The number of halogens is 4. The third-order valence-corrected chi connectivity index (χ3v) is 5.18. The number of hydrogen-bond acceptors (Lipinski definition) is 5. The van der Waals surface area contributed by atoms with Crippen molar-refractivity contribution in [2.75, 3.05) is 5.73 Å². The fourth-order valence-corrected chi connectivity index (χ4v) is 3.68. The van der Waals surface area contributed by atoms with Gasteiger partial charge < -0.3 is 5.73 Å². The van der Waals surface area contributed by atoms with Crippen molar-refractivity contribution in [1.82, 2.24) is 14.8 Å². The lowest BCUT2D eigenvalue weighted by molar-refractivity contribution is -0.144. The Kier molecular flexibility index (Phi) is 3.79. The minimum absolute atomic E-state index is 0.115. The zero-order valence-electron chi connectivity index (χ0n) is 12.3. The predicted octanol–water partition coefficient (Wildman–Crippen LogP) is 2.98. The molecule has 1 aromatic carbocycles. The molecule has 1 aromatic heterocycles. The Morgan fingerprint density at radius 2 is 1.96 bits per heavy atom. The van der Waals surface area contributed by atoms with E-state index in [9.17, 15) is 21.6 Å². The predicted molar refractivity (Wildman–Crippen MR) is 80.5 cm³/mol. The SMILES string of the molecule is Cc1cc(C2CC2)c(-n2nc(C(F)(F)F)nc2N)cc1S(=O)(=O)Cl. The van der Waals surface area contributed by atoms with E-state index < -0.39 is 27.0 Å². The van der Waals surface area contributed by atoms with Crippen molar-refractivity contribution in [3.63, 3.8) is 0 Å². The van der Waals surface area contributed by atoms with Gasteiger partial charge in [-0.05, 0) is 42.9 Å². The molecule has 1 aliphatic carbocycles. The fraction of sp³-hybridized carbons (Fsp3) is 0.385. The zero-order chi connectivity index (χ0) is 17.9. The number of anilines is 1. The van der Waals surface area contributed by atoms with Gasteiger partial charge in [0.1, 0.15) is 0 Å². The molecule has 0 amide bonds. The molecule has 11 heteroatoms. The van der Waals surface area contributed by atoms with Gasteiger partial charge >= 0.3 is 6.18 Å². The van der Waals surface area contributed by atoms with Crippen LogP contribution in [0.3, 0.4) is 0 Å². The van der Waals surface area contributed by atoms with Crippen LogP contribution < -0.4 is 5.73 Å². The molecule has 2 aromatic rings. The molecule has 1 heterocycles. The van der Waals surface area contributed by atoms with Crippen LogP contribution in [-0.4, -0.2) is 23.2 Å². The van der Waals surface area contributed by atoms with E-state index in [0.29, 0.717) is 11.1 Å². The van der Waals surface area contributed by atoms with E-state index in [2.05, 4.69) is 10.1 Å². The highest BCUT2D eigenvalue weighted by Crippen LogP contribution is 2.44. The van der Waals surface area contributed by atoms with Gasteiger partial charge in [0, 0.05) is 10.7 Å². The van der Waals surface area contributed by atoms with Crippen molar-refractivity contribution >= 4 is 25.7 Å². The molecule has 1 saturated carbocycles. The summed E-state index contributed by atoms with van der Waals surface area (Å²) in [6, 6.07) is 2.78. The smallest absolute Gasteiger partial charge is 0.368 e. The van der Waals surface area contributed by atoms with Crippen molar-refractivity contribution in [3.8, 4) is 5.69 Å². The number of alkyl halides is 3.